The number of hydrogen-bond donors (Lipinski definition) is 0. The highest BCUT2D eigenvalue weighted by atomic mass is 16.5. The van der Waals surface area contributed by atoms with Crippen LogP contribution in [0.2, 0.25) is 0 Å². The van der Waals surface area contributed by atoms with Crippen LogP contribution in [-0.2, 0) is 27.9 Å². The molecule has 2 unspecified atom stereocenters. The monoisotopic (exact) mass is 368 g/mol. The zero-order valence-corrected chi connectivity index (χ0v) is 15.5. The Morgan fingerprint density at radius 2 is 2.07 bits per heavy atom. The molecule has 2 aromatic rings. The van der Waals surface area contributed by atoms with Crippen LogP contribution in [0.4, 0.5) is 0 Å². The highest BCUT2D eigenvalue weighted by Crippen LogP contribution is 2.26. The maximum absolute atomic E-state index is 13.0. The number of rotatable bonds is 4. The van der Waals surface area contributed by atoms with Crippen molar-refractivity contribution in [3.05, 3.63) is 53.9 Å². The molecule has 0 spiro atoms. The Morgan fingerprint density at radius 3 is 2.81 bits per heavy atom. The molecule has 4 rings (SSSR count). The summed E-state index contributed by atoms with van der Waals surface area (Å²) in [7, 11) is 1.85. The van der Waals surface area contributed by atoms with Crippen LogP contribution in [0.15, 0.2) is 42.7 Å². The predicted octanol–water partition coefficient (Wildman–Crippen LogP) is 1.37. The van der Waals surface area contributed by atoms with Crippen molar-refractivity contribution >= 4 is 11.8 Å². The zero-order chi connectivity index (χ0) is 18.8. The fraction of sp³-hybridized carbons (Fsp3) is 0.450. The first-order valence-corrected chi connectivity index (χ1v) is 9.33. The third-order valence-corrected chi connectivity index (χ3v) is 5.29. The number of amides is 2. The van der Waals surface area contributed by atoms with Gasteiger partial charge in [-0.2, -0.15) is 5.10 Å². The lowest BCUT2D eigenvalue weighted by molar-refractivity contribution is -0.148. The van der Waals surface area contributed by atoms with Crippen molar-refractivity contribution in [3.63, 3.8) is 0 Å². The lowest BCUT2D eigenvalue weighted by Crippen LogP contribution is -2.46. The molecule has 7 heteroatoms. The summed E-state index contributed by atoms with van der Waals surface area (Å²) in [6.45, 7) is 2.65. The molecule has 2 atom stereocenters. The van der Waals surface area contributed by atoms with Crippen LogP contribution >= 0.6 is 0 Å². The van der Waals surface area contributed by atoms with Crippen molar-refractivity contribution in [1.82, 2.24) is 19.6 Å². The first-order valence-electron chi connectivity index (χ1n) is 9.33. The van der Waals surface area contributed by atoms with E-state index >= 15 is 0 Å². The number of benzene rings is 1. The molecule has 0 aliphatic carbocycles. The van der Waals surface area contributed by atoms with Gasteiger partial charge in [0.1, 0.15) is 12.0 Å². The van der Waals surface area contributed by atoms with Gasteiger partial charge in [0.2, 0.25) is 11.8 Å². The fourth-order valence-electron chi connectivity index (χ4n) is 3.81. The summed E-state index contributed by atoms with van der Waals surface area (Å²) >= 11 is 0. The van der Waals surface area contributed by atoms with Crippen molar-refractivity contribution in [2.75, 3.05) is 26.2 Å². The summed E-state index contributed by atoms with van der Waals surface area (Å²) in [6.07, 6.45) is 4.06. The third-order valence-electron chi connectivity index (χ3n) is 5.29. The Morgan fingerprint density at radius 1 is 1.26 bits per heavy atom. The van der Waals surface area contributed by atoms with Crippen molar-refractivity contribution < 1.29 is 14.3 Å². The number of aryl methyl sites for hydroxylation is 1. The highest BCUT2D eigenvalue weighted by molar-refractivity contribution is 6.01. The molecule has 0 N–H and O–H groups in total. The number of aromatic nitrogens is 2. The van der Waals surface area contributed by atoms with Gasteiger partial charge in [-0.25, -0.2) is 0 Å². The lowest BCUT2D eigenvalue weighted by atomic mass is 10.0. The molecule has 2 aliphatic rings. The van der Waals surface area contributed by atoms with E-state index in [-0.39, 0.29) is 17.9 Å². The van der Waals surface area contributed by atoms with Crippen LogP contribution in [0.1, 0.15) is 23.7 Å². The minimum absolute atomic E-state index is 0.0618. The highest BCUT2D eigenvalue weighted by Gasteiger charge is 2.40. The van der Waals surface area contributed by atoms with Gasteiger partial charge in [0.05, 0.1) is 19.3 Å². The second-order valence-corrected chi connectivity index (χ2v) is 7.18. The van der Waals surface area contributed by atoms with Crippen LogP contribution in [0.25, 0.3) is 0 Å². The van der Waals surface area contributed by atoms with Gasteiger partial charge in [-0.05, 0) is 12.0 Å². The smallest absolute Gasteiger partial charge is 0.235 e. The molecule has 7 nitrogen and oxygen atoms in total. The maximum Gasteiger partial charge on any atom is 0.235 e. The van der Waals surface area contributed by atoms with Crippen molar-refractivity contribution in [1.29, 1.82) is 0 Å². The Hall–Kier alpha value is -2.67. The Kier molecular flexibility index (Phi) is 4.94. The van der Waals surface area contributed by atoms with Crippen LogP contribution in [-0.4, -0.2) is 57.6 Å². The zero-order valence-electron chi connectivity index (χ0n) is 15.5. The van der Waals surface area contributed by atoms with E-state index < -0.39 is 5.92 Å². The third kappa shape index (κ3) is 3.73. The SMILES string of the molecule is Cn1cc(C2CN(C(=O)C3CCN(Cc4ccccc4)C3=O)CCO2)cn1. The van der Waals surface area contributed by atoms with Gasteiger partial charge in [0.25, 0.3) is 0 Å². The standard InChI is InChI=1S/C20H24N4O3/c1-22-13-16(11-21-22)18-14-24(9-10-27-18)20(26)17-7-8-23(19(17)25)12-15-5-3-2-4-6-15/h2-6,11,13,17-18H,7-10,12,14H2,1H3. The van der Waals surface area contributed by atoms with Crippen LogP contribution in [0.5, 0.6) is 0 Å². The van der Waals surface area contributed by atoms with Crippen LogP contribution in [0, 0.1) is 5.92 Å². The van der Waals surface area contributed by atoms with Gasteiger partial charge in [-0.3, -0.25) is 14.3 Å². The van der Waals surface area contributed by atoms with E-state index in [0.717, 1.165) is 11.1 Å². The first-order chi connectivity index (χ1) is 13.1. The molecule has 0 radical (unpaired) electrons. The van der Waals surface area contributed by atoms with Gasteiger partial charge in [0, 0.05) is 38.4 Å². The number of morpholine rings is 1. The second kappa shape index (κ2) is 7.52. The molecular formula is C20H24N4O3. The van der Waals surface area contributed by atoms with Crippen molar-refractivity contribution in [2.24, 2.45) is 13.0 Å². The summed E-state index contributed by atoms with van der Waals surface area (Å²) < 4.78 is 7.53. The molecule has 3 heterocycles. The maximum atomic E-state index is 13.0. The summed E-state index contributed by atoms with van der Waals surface area (Å²) in [5.41, 5.74) is 2.04. The minimum Gasteiger partial charge on any atom is -0.370 e. The van der Waals surface area contributed by atoms with Crippen molar-refractivity contribution in [3.8, 4) is 0 Å². The summed E-state index contributed by atoms with van der Waals surface area (Å²) in [4.78, 5) is 29.3. The molecule has 1 aromatic heterocycles. The molecule has 2 aliphatic heterocycles. The molecule has 0 bridgehead atoms. The van der Waals surface area contributed by atoms with Crippen LogP contribution < -0.4 is 0 Å². The van der Waals surface area contributed by atoms with Crippen LogP contribution in [0.3, 0.4) is 0 Å². The molecule has 1 aromatic carbocycles. The molecule has 0 saturated carbocycles. The predicted molar refractivity (Wildman–Crippen MR) is 98.4 cm³/mol. The van der Waals surface area contributed by atoms with Gasteiger partial charge in [0.15, 0.2) is 0 Å². The van der Waals surface area contributed by atoms with E-state index in [4.69, 9.17) is 4.74 Å². The van der Waals surface area contributed by atoms with E-state index in [9.17, 15) is 9.59 Å². The van der Waals surface area contributed by atoms with E-state index in [1.165, 1.54) is 0 Å². The first kappa shape index (κ1) is 17.7. The molecule has 2 fully saturated rings. The number of carbonyl (C=O) groups excluding carboxylic acids is 2. The molecule has 2 amide bonds. The molecule has 27 heavy (non-hydrogen) atoms. The molecule has 142 valence electrons. The topological polar surface area (TPSA) is 67.7 Å². The summed E-state index contributed by atoms with van der Waals surface area (Å²) in [5.74, 6) is -0.706. The molecule has 2 saturated heterocycles. The fourth-order valence-corrected chi connectivity index (χ4v) is 3.81. The normalized spacial score (nSPS) is 23.1. The van der Waals surface area contributed by atoms with E-state index in [1.54, 1.807) is 20.7 Å². The Labute approximate surface area is 158 Å². The van der Waals surface area contributed by atoms with Gasteiger partial charge < -0.3 is 14.5 Å². The van der Waals surface area contributed by atoms with Crippen molar-refractivity contribution in [2.45, 2.75) is 19.1 Å². The van der Waals surface area contributed by atoms with Gasteiger partial charge in [-0.15, -0.1) is 0 Å². The van der Waals surface area contributed by atoms with Gasteiger partial charge in [-0.1, -0.05) is 30.3 Å². The minimum atomic E-state index is -0.568. The summed E-state index contributed by atoms with van der Waals surface area (Å²) in [5, 5.41) is 4.17. The average Bonchev–Trinajstić information content (AvgIpc) is 3.29. The lowest BCUT2D eigenvalue weighted by Gasteiger charge is -2.33. The number of carbonyl (C=O) groups is 2. The largest absolute Gasteiger partial charge is 0.370 e. The number of ether oxygens (including phenoxy) is 1. The quantitative estimate of drug-likeness (QED) is 0.765. The average molecular weight is 368 g/mol. The second-order valence-electron chi connectivity index (χ2n) is 7.18. The summed E-state index contributed by atoms with van der Waals surface area (Å²) in [6, 6.07) is 9.89. The van der Waals surface area contributed by atoms with E-state index in [0.29, 0.717) is 39.2 Å². The molecular weight excluding hydrogens is 344 g/mol. The number of nitrogens with zero attached hydrogens (tertiary/aromatic N) is 4. The Balaban J connectivity index is 1.39. The van der Waals surface area contributed by atoms with Gasteiger partial charge >= 0.3 is 0 Å². The number of likely N-dealkylation sites (tertiary alicyclic amines) is 1. The number of hydrogen-bond acceptors (Lipinski definition) is 4. The van der Waals surface area contributed by atoms with E-state index in [1.807, 2.05) is 43.6 Å². The van der Waals surface area contributed by atoms with E-state index in [2.05, 4.69) is 5.10 Å². The Bertz CT molecular complexity index is 820.